The quantitative estimate of drug-likeness (QED) is 0.400. The van der Waals surface area contributed by atoms with E-state index >= 15 is 0 Å². The van der Waals surface area contributed by atoms with Gasteiger partial charge in [-0.2, -0.15) is 0 Å². The van der Waals surface area contributed by atoms with Gasteiger partial charge in [-0.25, -0.2) is 0 Å². The molecule has 6 nitrogen and oxygen atoms in total. The minimum atomic E-state index is -0.0204. The SMILES string of the molecule is CC(C)CNC(=O)CSc1nnc(-c2c[nH]c3ccccc23)n1-c1ccc(Cl)cc1. The van der Waals surface area contributed by atoms with Crippen molar-refractivity contribution in [3.63, 3.8) is 0 Å². The van der Waals surface area contributed by atoms with Crippen molar-refractivity contribution < 1.29 is 4.79 Å². The first kappa shape index (κ1) is 20.5. The van der Waals surface area contributed by atoms with Gasteiger partial charge in [0, 0.05) is 39.9 Å². The highest BCUT2D eigenvalue weighted by Gasteiger charge is 2.19. The molecule has 0 bridgehead atoms. The summed E-state index contributed by atoms with van der Waals surface area (Å²) in [6.45, 7) is 4.79. The number of fused-ring (bicyclic) bond motifs is 1. The van der Waals surface area contributed by atoms with E-state index in [2.05, 4.69) is 34.3 Å². The molecule has 4 rings (SSSR count). The molecule has 154 valence electrons. The van der Waals surface area contributed by atoms with Crippen LogP contribution in [-0.2, 0) is 4.79 Å². The van der Waals surface area contributed by atoms with E-state index in [-0.39, 0.29) is 11.7 Å². The van der Waals surface area contributed by atoms with Crippen molar-refractivity contribution in [2.24, 2.45) is 5.92 Å². The average molecular weight is 440 g/mol. The van der Waals surface area contributed by atoms with Gasteiger partial charge in [0.25, 0.3) is 0 Å². The molecule has 2 N–H and O–H groups in total. The minimum absolute atomic E-state index is 0.0204. The molecule has 2 heterocycles. The van der Waals surface area contributed by atoms with Crippen molar-refractivity contribution in [2.45, 2.75) is 19.0 Å². The van der Waals surface area contributed by atoms with Gasteiger partial charge in [0.15, 0.2) is 11.0 Å². The second-order valence-corrected chi connectivity index (χ2v) is 8.73. The fourth-order valence-corrected chi connectivity index (χ4v) is 4.02. The maximum Gasteiger partial charge on any atom is 0.230 e. The van der Waals surface area contributed by atoms with E-state index in [1.54, 1.807) is 0 Å². The Morgan fingerprint density at radius 2 is 1.93 bits per heavy atom. The number of hydrogen-bond acceptors (Lipinski definition) is 4. The van der Waals surface area contributed by atoms with Gasteiger partial charge < -0.3 is 10.3 Å². The molecule has 2 aromatic heterocycles. The molecule has 4 aromatic rings. The van der Waals surface area contributed by atoms with E-state index in [0.717, 1.165) is 22.2 Å². The van der Waals surface area contributed by atoms with Gasteiger partial charge in [0.05, 0.1) is 5.75 Å². The van der Waals surface area contributed by atoms with Gasteiger partial charge in [-0.15, -0.1) is 10.2 Å². The summed E-state index contributed by atoms with van der Waals surface area (Å²) >= 11 is 7.45. The molecule has 2 aromatic carbocycles. The number of hydrogen-bond donors (Lipinski definition) is 2. The summed E-state index contributed by atoms with van der Waals surface area (Å²) in [6.07, 6.45) is 1.94. The van der Waals surface area contributed by atoms with Gasteiger partial charge in [-0.1, -0.05) is 55.4 Å². The van der Waals surface area contributed by atoms with Crippen LogP contribution in [0.2, 0.25) is 5.02 Å². The number of thioether (sulfide) groups is 1. The van der Waals surface area contributed by atoms with Crippen LogP contribution in [0.1, 0.15) is 13.8 Å². The zero-order valence-corrected chi connectivity index (χ0v) is 18.3. The monoisotopic (exact) mass is 439 g/mol. The second kappa shape index (κ2) is 8.93. The molecule has 0 saturated heterocycles. The number of halogens is 1. The molecule has 0 unspecified atom stereocenters. The van der Waals surface area contributed by atoms with Crippen LogP contribution in [0.25, 0.3) is 28.0 Å². The maximum atomic E-state index is 12.2. The van der Waals surface area contributed by atoms with Crippen LogP contribution in [0.15, 0.2) is 59.9 Å². The van der Waals surface area contributed by atoms with E-state index in [0.29, 0.717) is 28.5 Å². The molecule has 0 saturated carbocycles. The first-order chi connectivity index (χ1) is 14.5. The number of amides is 1. The van der Waals surface area contributed by atoms with Gasteiger partial charge in [0.1, 0.15) is 0 Å². The fourth-order valence-electron chi connectivity index (χ4n) is 3.12. The molecule has 8 heteroatoms. The van der Waals surface area contributed by atoms with E-state index < -0.39 is 0 Å². The molecule has 0 spiro atoms. The molecular weight excluding hydrogens is 418 g/mol. The molecule has 0 radical (unpaired) electrons. The largest absolute Gasteiger partial charge is 0.360 e. The lowest BCUT2D eigenvalue weighted by Gasteiger charge is -2.11. The summed E-state index contributed by atoms with van der Waals surface area (Å²) in [5.41, 5.74) is 2.86. The van der Waals surface area contributed by atoms with Crippen LogP contribution in [-0.4, -0.2) is 38.0 Å². The minimum Gasteiger partial charge on any atom is -0.360 e. The van der Waals surface area contributed by atoms with Gasteiger partial charge >= 0.3 is 0 Å². The zero-order valence-electron chi connectivity index (χ0n) is 16.7. The molecule has 1 amide bonds. The number of benzene rings is 2. The van der Waals surface area contributed by atoms with Crippen molar-refractivity contribution in [2.75, 3.05) is 12.3 Å². The number of nitrogens with zero attached hydrogens (tertiary/aromatic N) is 3. The lowest BCUT2D eigenvalue weighted by atomic mass is 10.1. The van der Waals surface area contributed by atoms with Crippen LogP contribution < -0.4 is 5.32 Å². The van der Waals surface area contributed by atoms with Crippen LogP contribution >= 0.6 is 23.4 Å². The molecule has 0 atom stereocenters. The van der Waals surface area contributed by atoms with Crippen LogP contribution in [0.4, 0.5) is 0 Å². The van der Waals surface area contributed by atoms with Crippen molar-refractivity contribution in [1.29, 1.82) is 0 Å². The molecule has 0 fully saturated rings. The van der Waals surface area contributed by atoms with Crippen LogP contribution in [0, 0.1) is 5.92 Å². The van der Waals surface area contributed by atoms with Gasteiger partial charge in [-0.3, -0.25) is 9.36 Å². The highest BCUT2D eigenvalue weighted by Crippen LogP contribution is 2.32. The summed E-state index contributed by atoms with van der Waals surface area (Å²) in [4.78, 5) is 15.5. The summed E-state index contributed by atoms with van der Waals surface area (Å²) in [7, 11) is 0. The number of rotatable bonds is 7. The summed E-state index contributed by atoms with van der Waals surface area (Å²) in [6, 6.07) is 15.6. The van der Waals surface area contributed by atoms with E-state index in [4.69, 9.17) is 11.6 Å². The molecule has 30 heavy (non-hydrogen) atoms. The Hall–Kier alpha value is -2.77. The molecule has 0 aliphatic rings. The van der Waals surface area contributed by atoms with Crippen molar-refractivity contribution in [3.05, 3.63) is 59.8 Å². The van der Waals surface area contributed by atoms with Crippen molar-refractivity contribution in [1.82, 2.24) is 25.1 Å². The Morgan fingerprint density at radius 1 is 1.17 bits per heavy atom. The second-order valence-electron chi connectivity index (χ2n) is 7.35. The highest BCUT2D eigenvalue weighted by molar-refractivity contribution is 7.99. The summed E-state index contributed by atoms with van der Waals surface area (Å²) in [5, 5.41) is 14.2. The zero-order chi connectivity index (χ0) is 21.1. The number of H-pyrrole nitrogens is 1. The predicted octanol–water partition coefficient (Wildman–Crippen LogP) is 4.93. The van der Waals surface area contributed by atoms with E-state index in [1.807, 2.05) is 59.3 Å². The molecule has 0 aliphatic carbocycles. The molecule has 0 aliphatic heterocycles. The number of carbonyl (C=O) groups excluding carboxylic acids is 1. The maximum absolute atomic E-state index is 12.2. The first-order valence-electron chi connectivity index (χ1n) is 9.70. The lowest BCUT2D eigenvalue weighted by molar-refractivity contribution is -0.118. The summed E-state index contributed by atoms with van der Waals surface area (Å²) < 4.78 is 1.96. The number of nitrogens with one attached hydrogen (secondary N) is 2. The van der Waals surface area contributed by atoms with Crippen LogP contribution in [0.3, 0.4) is 0 Å². The number of aromatic amines is 1. The Morgan fingerprint density at radius 3 is 2.70 bits per heavy atom. The lowest BCUT2D eigenvalue weighted by Crippen LogP contribution is -2.28. The van der Waals surface area contributed by atoms with Crippen LogP contribution in [0.5, 0.6) is 0 Å². The Balaban J connectivity index is 1.71. The third kappa shape index (κ3) is 4.37. The fraction of sp³-hybridized carbons (Fsp3) is 0.227. The third-order valence-corrected chi connectivity index (χ3v) is 5.77. The average Bonchev–Trinajstić information content (AvgIpc) is 3.35. The highest BCUT2D eigenvalue weighted by atomic mass is 35.5. The van der Waals surface area contributed by atoms with E-state index in [9.17, 15) is 4.79 Å². The predicted molar refractivity (Wildman–Crippen MR) is 122 cm³/mol. The first-order valence-corrected chi connectivity index (χ1v) is 11.1. The van der Waals surface area contributed by atoms with Gasteiger partial charge in [-0.05, 0) is 36.2 Å². The number of aromatic nitrogens is 4. The standard InChI is InChI=1S/C22H22ClN5OS/c1-14(2)11-25-20(29)13-30-22-27-26-21(28(22)16-9-7-15(23)8-10-16)18-12-24-19-6-4-3-5-17(18)19/h3-10,12,14,24H,11,13H2,1-2H3,(H,25,29). The smallest absolute Gasteiger partial charge is 0.230 e. The summed E-state index contributed by atoms with van der Waals surface area (Å²) in [5.74, 6) is 1.37. The topological polar surface area (TPSA) is 75.6 Å². The Labute approximate surface area is 184 Å². The Kier molecular flexibility index (Phi) is 6.11. The normalized spacial score (nSPS) is 11.3. The number of carbonyl (C=O) groups is 1. The van der Waals surface area contributed by atoms with Crippen molar-refractivity contribution >= 4 is 40.2 Å². The molecular formula is C22H22ClN5OS. The van der Waals surface area contributed by atoms with Gasteiger partial charge in [0.2, 0.25) is 5.91 Å². The van der Waals surface area contributed by atoms with Crippen molar-refractivity contribution in [3.8, 4) is 17.1 Å². The number of para-hydroxylation sites is 1. The van der Waals surface area contributed by atoms with E-state index in [1.165, 1.54) is 11.8 Å². The third-order valence-electron chi connectivity index (χ3n) is 4.59. The Bertz CT molecular complexity index is 1170.